The quantitative estimate of drug-likeness (QED) is 0.677. The summed E-state index contributed by atoms with van der Waals surface area (Å²) in [6.45, 7) is -0.473. The highest BCUT2D eigenvalue weighted by molar-refractivity contribution is 7.92. The fourth-order valence-electron chi connectivity index (χ4n) is 2.42. The molecule has 2 aromatic rings. The standard InChI is InChI=1S/C18H21N3O6S/c1-26-14-8-9-15(16(10-14)27-2)21(28(3,24)25)11-17(22)20-13-6-4-12(5-7-13)18(19)23/h4-10H,11H2,1-3H3,(H2,19,23)(H,20,22). The van der Waals surface area contributed by atoms with Gasteiger partial charge in [-0.1, -0.05) is 0 Å². The Kier molecular flexibility index (Phi) is 6.47. The Morgan fingerprint density at radius 3 is 2.21 bits per heavy atom. The van der Waals surface area contributed by atoms with Crippen LogP contribution in [0.4, 0.5) is 11.4 Å². The molecule has 28 heavy (non-hydrogen) atoms. The molecule has 150 valence electrons. The van der Waals surface area contributed by atoms with Crippen molar-refractivity contribution in [3.63, 3.8) is 0 Å². The molecular formula is C18H21N3O6S. The van der Waals surface area contributed by atoms with Gasteiger partial charge in [0, 0.05) is 17.3 Å². The maximum Gasteiger partial charge on any atom is 0.248 e. The zero-order valence-electron chi connectivity index (χ0n) is 15.6. The van der Waals surface area contributed by atoms with Crippen molar-refractivity contribution in [2.24, 2.45) is 5.73 Å². The first-order valence-corrected chi connectivity index (χ1v) is 9.90. The molecular weight excluding hydrogens is 386 g/mol. The average molecular weight is 407 g/mol. The lowest BCUT2D eigenvalue weighted by atomic mass is 10.2. The van der Waals surface area contributed by atoms with Gasteiger partial charge in [-0.2, -0.15) is 0 Å². The van der Waals surface area contributed by atoms with Gasteiger partial charge in [0.05, 0.1) is 26.2 Å². The van der Waals surface area contributed by atoms with Gasteiger partial charge >= 0.3 is 0 Å². The molecule has 0 saturated heterocycles. The molecule has 0 aromatic heterocycles. The minimum Gasteiger partial charge on any atom is -0.497 e. The van der Waals surface area contributed by atoms with E-state index in [1.165, 1.54) is 50.6 Å². The number of carbonyl (C=O) groups is 2. The van der Waals surface area contributed by atoms with Crippen molar-refractivity contribution in [2.75, 3.05) is 36.6 Å². The van der Waals surface area contributed by atoms with E-state index in [4.69, 9.17) is 15.2 Å². The van der Waals surface area contributed by atoms with E-state index in [1.54, 1.807) is 6.07 Å². The summed E-state index contributed by atoms with van der Waals surface area (Å²) >= 11 is 0. The van der Waals surface area contributed by atoms with Crippen molar-refractivity contribution in [1.82, 2.24) is 0 Å². The topological polar surface area (TPSA) is 128 Å². The molecule has 0 aliphatic carbocycles. The minimum absolute atomic E-state index is 0.199. The second-order valence-corrected chi connectivity index (χ2v) is 7.70. The Morgan fingerprint density at radius 2 is 1.71 bits per heavy atom. The van der Waals surface area contributed by atoms with Crippen LogP contribution in [-0.4, -0.2) is 47.3 Å². The number of hydrogen-bond donors (Lipinski definition) is 2. The van der Waals surface area contributed by atoms with Crippen molar-refractivity contribution in [1.29, 1.82) is 0 Å². The number of sulfonamides is 1. The average Bonchev–Trinajstić information content (AvgIpc) is 2.65. The minimum atomic E-state index is -3.78. The normalized spacial score (nSPS) is 10.8. The summed E-state index contributed by atoms with van der Waals surface area (Å²) in [5, 5.41) is 2.58. The summed E-state index contributed by atoms with van der Waals surface area (Å²) in [5.41, 5.74) is 6.05. The lowest BCUT2D eigenvalue weighted by Crippen LogP contribution is -2.37. The predicted octanol–water partition coefficient (Wildman–Crippen LogP) is 1.21. The van der Waals surface area contributed by atoms with Crippen LogP contribution in [0.15, 0.2) is 42.5 Å². The lowest BCUT2D eigenvalue weighted by Gasteiger charge is -2.24. The van der Waals surface area contributed by atoms with Crippen molar-refractivity contribution in [3.8, 4) is 11.5 Å². The van der Waals surface area contributed by atoms with Crippen molar-refractivity contribution in [2.45, 2.75) is 0 Å². The number of hydrogen-bond acceptors (Lipinski definition) is 6. The highest BCUT2D eigenvalue weighted by Crippen LogP contribution is 2.33. The van der Waals surface area contributed by atoms with Crippen LogP contribution in [0.2, 0.25) is 0 Å². The number of nitrogens with two attached hydrogens (primary N) is 1. The number of primary amides is 1. The third-order valence-electron chi connectivity index (χ3n) is 3.80. The second-order valence-electron chi connectivity index (χ2n) is 5.80. The summed E-state index contributed by atoms with van der Waals surface area (Å²) in [7, 11) is -0.925. The molecule has 0 unspecified atom stereocenters. The Labute approximate surface area is 163 Å². The lowest BCUT2D eigenvalue weighted by molar-refractivity contribution is -0.114. The monoisotopic (exact) mass is 407 g/mol. The molecule has 0 bridgehead atoms. The number of rotatable bonds is 8. The molecule has 0 aliphatic rings. The first kappa shape index (κ1) is 21.0. The van der Waals surface area contributed by atoms with E-state index in [9.17, 15) is 18.0 Å². The number of methoxy groups -OCH3 is 2. The Morgan fingerprint density at radius 1 is 1.07 bits per heavy atom. The van der Waals surface area contributed by atoms with E-state index < -0.39 is 28.4 Å². The number of benzene rings is 2. The molecule has 0 saturated carbocycles. The fraction of sp³-hybridized carbons (Fsp3) is 0.222. The van der Waals surface area contributed by atoms with Gasteiger partial charge < -0.3 is 20.5 Å². The summed E-state index contributed by atoms with van der Waals surface area (Å²) in [5.74, 6) is -0.445. The van der Waals surface area contributed by atoms with Crippen molar-refractivity contribution >= 4 is 33.2 Å². The molecule has 0 fully saturated rings. The van der Waals surface area contributed by atoms with E-state index in [1.807, 2.05) is 0 Å². The van der Waals surface area contributed by atoms with Gasteiger partial charge in [0.2, 0.25) is 21.8 Å². The molecule has 0 spiro atoms. The second kappa shape index (κ2) is 8.61. The van der Waals surface area contributed by atoms with Crippen LogP contribution >= 0.6 is 0 Å². The number of nitrogens with zero attached hydrogens (tertiary/aromatic N) is 1. The van der Waals surface area contributed by atoms with Gasteiger partial charge in [0.25, 0.3) is 0 Å². The number of carbonyl (C=O) groups excluding carboxylic acids is 2. The number of anilines is 2. The predicted molar refractivity (Wildman–Crippen MR) is 105 cm³/mol. The summed E-state index contributed by atoms with van der Waals surface area (Å²) in [6.07, 6.45) is 0.992. The van der Waals surface area contributed by atoms with E-state index >= 15 is 0 Å². The van der Waals surface area contributed by atoms with Gasteiger partial charge in [-0.15, -0.1) is 0 Å². The molecule has 9 nitrogen and oxygen atoms in total. The number of ether oxygens (including phenoxy) is 2. The first-order valence-electron chi connectivity index (χ1n) is 8.05. The van der Waals surface area contributed by atoms with Gasteiger partial charge in [0.1, 0.15) is 18.0 Å². The van der Waals surface area contributed by atoms with E-state index in [-0.39, 0.29) is 11.4 Å². The van der Waals surface area contributed by atoms with Gasteiger partial charge in [-0.25, -0.2) is 8.42 Å². The van der Waals surface area contributed by atoms with Crippen LogP contribution in [0.3, 0.4) is 0 Å². The molecule has 2 amide bonds. The van der Waals surface area contributed by atoms with E-state index in [2.05, 4.69) is 5.32 Å². The van der Waals surface area contributed by atoms with Crippen molar-refractivity contribution < 1.29 is 27.5 Å². The smallest absolute Gasteiger partial charge is 0.248 e. The summed E-state index contributed by atoms with van der Waals surface area (Å²) < 4.78 is 35.8. The molecule has 2 rings (SSSR count). The van der Waals surface area contributed by atoms with E-state index in [0.717, 1.165) is 10.6 Å². The molecule has 0 atom stereocenters. The highest BCUT2D eigenvalue weighted by atomic mass is 32.2. The van der Waals surface area contributed by atoms with Crippen LogP contribution in [0.25, 0.3) is 0 Å². The highest BCUT2D eigenvalue weighted by Gasteiger charge is 2.24. The molecule has 3 N–H and O–H groups in total. The van der Waals surface area contributed by atoms with Crippen molar-refractivity contribution in [3.05, 3.63) is 48.0 Å². The number of nitrogens with one attached hydrogen (secondary N) is 1. The zero-order valence-corrected chi connectivity index (χ0v) is 16.4. The van der Waals surface area contributed by atoms with Crippen LogP contribution in [-0.2, 0) is 14.8 Å². The molecule has 0 aliphatic heterocycles. The van der Waals surface area contributed by atoms with Crippen LogP contribution in [0.1, 0.15) is 10.4 Å². The van der Waals surface area contributed by atoms with Crippen LogP contribution < -0.4 is 24.8 Å². The Hall–Kier alpha value is -3.27. The first-order chi connectivity index (χ1) is 13.2. The maximum atomic E-state index is 12.4. The molecule has 0 heterocycles. The third kappa shape index (κ3) is 5.13. The van der Waals surface area contributed by atoms with Gasteiger partial charge in [0.15, 0.2) is 0 Å². The molecule has 10 heteroatoms. The third-order valence-corrected chi connectivity index (χ3v) is 4.92. The summed E-state index contributed by atoms with van der Waals surface area (Å²) in [6, 6.07) is 10.5. The SMILES string of the molecule is COc1ccc(N(CC(=O)Nc2ccc(C(N)=O)cc2)S(C)(=O)=O)c(OC)c1. The fourth-order valence-corrected chi connectivity index (χ4v) is 3.28. The van der Waals surface area contributed by atoms with Gasteiger partial charge in [-0.3, -0.25) is 13.9 Å². The largest absolute Gasteiger partial charge is 0.497 e. The zero-order chi connectivity index (χ0) is 20.9. The molecule has 0 radical (unpaired) electrons. The van der Waals surface area contributed by atoms with Gasteiger partial charge in [-0.05, 0) is 36.4 Å². The Balaban J connectivity index is 2.25. The molecule has 2 aromatic carbocycles. The van der Waals surface area contributed by atoms with Crippen LogP contribution in [0.5, 0.6) is 11.5 Å². The maximum absolute atomic E-state index is 12.4. The van der Waals surface area contributed by atoms with Crippen LogP contribution in [0, 0.1) is 0 Å². The van der Waals surface area contributed by atoms with E-state index in [0.29, 0.717) is 17.0 Å². The Bertz CT molecular complexity index is 973. The number of amides is 2. The summed E-state index contributed by atoms with van der Waals surface area (Å²) in [4.78, 5) is 23.5.